The quantitative estimate of drug-likeness (QED) is 0.566. The molecule has 2 aromatic carbocycles. The topological polar surface area (TPSA) is 58.9 Å². The summed E-state index contributed by atoms with van der Waals surface area (Å²) in [6.45, 7) is 1.96. The number of hydrogen-bond donors (Lipinski definition) is 1. The molecule has 0 aliphatic rings. The van der Waals surface area contributed by atoms with Crippen molar-refractivity contribution in [3.63, 3.8) is 0 Å². The molecule has 112 valence electrons. The van der Waals surface area contributed by atoms with Gasteiger partial charge in [0.15, 0.2) is 0 Å². The van der Waals surface area contributed by atoms with E-state index in [1.807, 2.05) is 61.5 Å². The van der Waals surface area contributed by atoms with Crippen molar-refractivity contribution in [3.05, 3.63) is 76.9 Å². The summed E-state index contributed by atoms with van der Waals surface area (Å²) < 4.78 is 5.54. The Kier molecular flexibility index (Phi) is 3.08. The molecule has 0 amide bonds. The highest BCUT2D eigenvalue weighted by Gasteiger charge is 2.10. The molecule has 0 bridgehead atoms. The Balaban J connectivity index is 1.89. The van der Waals surface area contributed by atoms with Crippen LogP contribution < -0.4 is 5.63 Å². The van der Waals surface area contributed by atoms with Crippen LogP contribution in [0.25, 0.3) is 33.2 Å². The van der Waals surface area contributed by atoms with Gasteiger partial charge in [-0.05, 0) is 30.2 Å². The smallest absolute Gasteiger partial charge is 0.344 e. The Morgan fingerprint density at radius 2 is 1.78 bits per heavy atom. The van der Waals surface area contributed by atoms with Gasteiger partial charge >= 0.3 is 5.63 Å². The van der Waals surface area contributed by atoms with E-state index < -0.39 is 0 Å². The highest BCUT2D eigenvalue weighted by molar-refractivity contribution is 5.86. The number of aromatic nitrogens is 2. The molecule has 0 aliphatic carbocycles. The predicted molar refractivity (Wildman–Crippen MR) is 90.2 cm³/mol. The van der Waals surface area contributed by atoms with Crippen LogP contribution in [0.4, 0.5) is 0 Å². The first-order valence-electron chi connectivity index (χ1n) is 7.36. The third-order valence-corrected chi connectivity index (χ3v) is 3.96. The van der Waals surface area contributed by atoms with Gasteiger partial charge in [-0.15, -0.1) is 0 Å². The molecule has 0 atom stereocenters. The van der Waals surface area contributed by atoms with Crippen LogP contribution in [0.15, 0.2) is 70.0 Å². The standard InChI is InChI=1S/C19H14N2O2/c1-12-17(11-20-21-12)14-7-8-15-9-16(13-5-3-2-4-6-13)19(22)23-18(15)10-14/h2-11H,1H3,(H,20,21). The SMILES string of the molecule is Cc1[nH]ncc1-c1ccc2cc(-c3ccccc3)c(=O)oc2c1. The first-order valence-corrected chi connectivity index (χ1v) is 7.36. The van der Waals surface area contributed by atoms with E-state index in [4.69, 9.17) is 4.42 Å². The first-order chi connectivity index (χ1) is 11.2. The number of aryl methyl sites for hydroxylation is 1. The second-order valence-electron chi connectivity index (χ2n) is 5.47. The van der Waals surface area contributed by atoms with Gasteiger partial charge in [0.05, 0.1) is 11.8 Å². The highest BCUT2D eigenvalue weighted by atomic mass is 16.4. The Morgan fingerprint density at radius 3 is 2.52 bits per heavy atom. The van der Waals surface area contributed by atoms with Crippen LogP contribution in [0.3, 0.4) is 0 Å². The Labute approximate surface area is 132 Å². The maximum absolute atomic E-state index is 12.3. The molecule has 2 aromatic heterocycles. The average Bonchev–Trinajstić information content (AvgIpc) is 3.00. The number of fused-ring (bicyclic) bond motifs is 1. The number of H-pyrrole nitrogens is 1. The van der Waals surface area contributed by atoms with Crippen LogP contribution in [0.5, 0.6) is 0 Å². The van der Waals surface area contributed by atoms with Crippen molar-refractivity contribution in [2.24, 2.45) is 0 Å². The molecule has 4 nitrogen and oxygen atoms in total. The van der Waals surface area contributed by atoms with Crippen molar-refractivity contribution in [2.75, 3.05) is 0 Å². The fraction of sp³-hybridized carbons (Fsp3) is 0.0526. The molecule has 4 aromatic rings. The third-order valence-electron chi connectivity index (χ3n) is 3.96. The molecule has 0 radical (unpaired) electrons. The van der Waals surface area contributed by atoms with Gasteiger partial charge in [0.2, 0.25) is 0 Å². The van der Waals surface area contributed by atoms with E-state index >= 15 is 0 Å². The van der Waals surface area contributed by atoms with E-state index in [0.29, 0.717) is 11.1 Å². The molecule has 0 aliphatic heterocycles. The molecule has 0 saturated carbocycles. The zero-order chi connectivity index (χ0) is 15.8. The second-order valence-corrected chi connectivity index (χ2v) is 5.47. The molecule has 2 heterocycles. The van der Waals surface area contributed by atoms with Crippen molar-refractivity contribution >= 4 is 11.0 Å². The maximum atomic E-state index is 12.3. The fourth-order valence-electron chi connectivity index (χ4n) is 2.74. The maximum Gasteiger partial charge on any atom is 0.344 e. The van der Waals surface area contributed by atoms with Gasteiger partial charge in [0, 0.05) is 16.6 Å². The van der Waals surface area contributed by atoms with Crippen molar-refractivity contribution in [3.8, 4) is 22.3 Å². The molecule has 4 rings (SSSR count). The minimum Gasteiger partial charge on any atom is -0.422 e. The van der Waals surface area contributed by atoms with Crippen molar-refractivity contribution in [1.82, 2.24) is 10.2 Å². The number of rotatable bonds is 2. The molecule has 0 saturated heterocycles. The second kappa shape index (κ2) is 5.25. The molecule has 0 fully saturated rings. The summed E-state index contributed by atoms with van der Waals surface area (Å²) >= 11 is 0. The molecular formula is C19H14N2O2. The normalized spacial score (nSPS) is 11.0. The van der Waals surface area contributed by atoms with Crippen LogP contribution in [0.2, 0.25) is 0 Å². The lowest BCUT2D eigenvalue weighted by molar-refractivity contribution is 0.563. The summed E-state index contributed by atoms with van der Waals surface area (Å²) in [6.07, 6.45) is 1.77. The predicted octanol–water partition coefficient (Wildman–Crippen LogP) is 4.16. The third kappa shape index (κ3) is 2.34. The first kappa shape index (κ1) is 13.5. The van der Waals surface area contributed by atoms with E-state index in [-0.39, 0.29) is 5.63 Å². The van der Waals surface area contributed by atoms with Crippen LogP contribution in [0, 0.1) is 6.92 Å². The van der Waals surface area contributed by atoms with E-state index in [0.717, 1.165) is 27.8 Å². The van der Waals surface area contributed by atoms with Crippen molar-refractivity contribution in [1.29, 1.82) is 0 Å². The van der Waals surface area contributed by atoms with Gasteiger partial charge in [0.1, 0.15) is 5.58 Å². The van der Waals surface area contributed by atoms with Gasteiger partial charge in [-0.1, -0.05) is 42.5 Å². The van der Waals surface area contributed by atoms with Crippen molar-refractivity contribution in [2.45, 2.75) is 6.92 Å². The molecule has 0 spiro atoms. The van der Waals surface area contributed by atoms with Crippen LogP contribution in [-0.2, 0) is 0 Å². The minimum absolute atomic E-state index is 0.329. The van der Waals surface area contributed by atoms with Gasteiger partial charge in [-0.2, -0.15) is 5.10 Å². The number of aromatic amines is 1. The number of nitrogens with one attached hydrogen (secondary N) is 1. The molecule has 4 heteroatoms. The number of hydrogen-bond acceptors (Lipinski definition) is 3. The summed E-state index contributed by atoms with van der Waals surface area (Å²) in [6, 6.07) is 17.3. The lowest BCUT2D eigenvalue weighted by atomic mass is 10.0. The molecule has 1 N–H and O–H groups in total. The lowest BCUT2D eigenvalue weighted by Crippen LogP contribution is -2.02. The van der Waals surface area contributed by atoms with Crippen LogP contribution in [0.1, 0.15) is 5.69 Å². The van der Waals surface area contributed by atoms with E-state index in [9.17, 15) is 4.79 Å². The van der Waals surface area contributed by atoms with Crippen molar-refractivity contribution < 1.29 is 4.42 Å². The lowest BCUT2D eigenvalue weighted by Gasteiger charge is -2.05. The molecule has 0 unspecified atom stereocenters. The zero-order valence-electron chi connectivity index (χ0n) is 12.5. The summed E-state index contributed by atoms with van der Waals surface area (Å²) in [5.74, 6) is 0. The molecular weight excluding hydrogens is 288 g/mol. The summed E-state index contributed by atoms with van der Waals surface area (Å²) in [5.41, 5.74) is 4.63. The monoisotopic (exact) mass is 302 g/mol. The van der Waals surface area contributed by atoms with Crippen LogP contribution >= 0.6 is 0 Å². The zero-order valence-corrected chi connectivity index (χ0v) is 12.5. The van der Waals surface area contributed by atoms with Gasteiger partial charge in [-0.25, -0.2) is 4.79 Å². The average molecular weight is 302 g/mol. The van der Waals surface area contributed by atoms with E-state index in [2.05, 4.69) is 10.2 Å². The minimum atomic E-state index is -0.329. The fourth-order valence-corrected chi connectivity index (χ4v) is 2.74. The Morgan fingerprint density at radius 1 is 0.957 bits per heavy atom. The van der Waals surface area contributed by atoms with Gasteiger partial charge in [0.25, 0.3) is 0 Å². The van der Waals surface area contributed by atoms with E-state index in [1.165, 1.54) is 0 Å². The number of nitrogens with zero attached hydrogens (tertiary/aromatic N) is 1. The van der Waals surface area contributed by atoms with Crippen LogP contribution in [-0.4, -0.2) is 10.2 Å². The Bertz CT molecular complexity index is 1050. The summed E-state index contributed by atoms with van der Waals surface area (Å²) in [5, 5.41) is 7.84. The highest BCUT2D eigenvalue weighted by Crippen LogP contribution is 2.27. The summed E-state index contributed by atoms with van der Waals surface area (Å²) in [4.78, 5) is 12.3. The molecule has 23 heavy (non-hydrogen) atoms. The number of benzene rings is 2. The largest absolute Gasteiger partial charge is 0.422 e. The van der Waals surface area contributed by atoms with Gasteiger partial charge < -0.3 is 4.42 Å². The van der Waals surface area contributed by atoms with E-state index in [1.54, 1.807) is 6.20 Å². The summed E-state index contributed by atoms with van der Waals surface area (Å²) in [7, 11) is 0. The Hall–Kier alpha value is -3.14. The van der Waals surface area contributed by atoms with Gasteiger partial charge in [-0.3, -0.25) is 5.10 Å².